The van der Waals surface area contributed by atoms with E-state index in [1.54, 1.807) is 11.3 Å². The Balaban J connectivity index is 1.82. The number of thiazole rings is 1. The van der Waals surface area contributed by atoms with E-state index in [1.807, 2.05) is 64.4 Å². The summed E-state index contributed by atoms with van der Waals surface area (Å²) in [5.41, 5.74) is 7.91. The Morgan fingerprint density at radius 1 is 1.24 bits per heavy atom. The molecule has 1 aliphatic heterocycles. The molecule has 1 aromatic carbocycles. The van der Waals surface area contributed by atoms with Crippen LogP contribution in [0.2, 0.25) is 0 Å². The van der Waals surface area contributed by atoms with Gasteiger partial charge in [-0.2, -0.15) is 0 Å². The quantitative estimate of drug-likeness (QED) is 0.297. The van der Waals surface area contributed by atoms with Crippen LogP contribution in [0.25, 0.3) is 10.4 Å². The summed E-state index contributed by atoms with van der Waals surface area (Å²) in [6, 6.07) is 6.55. The van der Waals surface area contributed by atoms with Gasteiger partial charge in [0.1, 0.15) is 0 Å². The van der Waals surface area contributed by atoms with E-state index >= 15 is 0 Å². The highest BCUT2D eigenvalue weighted by molar-refractivity contribution is 7.13. The Labute approximate surface area is 222 Å². The summed E-state index contributed by atoms with van der Waals surface area (Å²) in [7, 11) is 0. The average molecular weight is 530 g/mol. The number of amides is 2. The van der Waals surface area contributed by atoms with Gasteiger partial charge in [-0.1, -0.05) is 45.0 Å². The molecule has 2 aromatic rings. The van der Waals surface area contributed by atoms with Gasteiger partial charge in [-0.25, -0.2) is 4.98 Å². The smallest absolute Gasteiger partial charge is 0.248 e. The Morgan fingerprint density at radius 3 is 2.43 bits per heavy atom. The summed E-state index contributed by atoms with van der Waals surface area (Å²) < 4.78 is 0. The first-order valence-corrected chi connectivity index (χ1v) is 13.5. The van der Waals surface area contributed by atoms with E-state index in [-0.39, 0.29) is 31.3 Å². The van der Waals surface area contributed by atoms with Crippen molar-refractivity contribution in [2.45, 2.75) is 77.6 Å². The maximum atomic E-state index is 14.0. The maximum Gasteiger partial charge on any atom is 0.248 e. The Kier molecular flexibility index (Phi) is 9.22. The molecule has 2 heterocycles. The molecule has 2 amide bonds. The molecule has 10 heteroatoms. The van der Waals surface area contributed by atoms with Gasteiger partial charge in [0.05, 0.1) is 34.3 Å². The van der Waals surface area contributed by atoms with Crippen molar-refractivity contribution in [3.63, 3.8) is 0 Å². The highest BCUT2D eigenvalue weighted by Crippen LogP contribution is 2.31. The lowest BCUT2D eigenvalue weighted by Crippen LogP contribution is -2.66. The van der Waals surface area contributed by atoms with Crippen LogP contribution < -0.4 is 21.7 Å². The molecule has 3 rings (SSSR count). The minimum absolute atomic E-state index is 0.0702. The van der Waals surface area contributed by atoms with E-state index in [0.29, 0.717) is 13.0 Å². The fourth-order valence-corrected chi connectivity index (χ4v) is 5.40. The van der Waals surface area contributed by atoms with Gasteiger partial charge < -0.3 is 21.5 Å². The molecule has 0 unspecified atom stereocenters. The van der Waals surface area contributed by atoms with Crippen molar-refractivity contribution in [1.29, 1.82) is 0 Å². The minimum atomic E-state index is -1.66. The van der Waals surface area contributed by atoms with Crippen LogP contribution in [0.4, 0.5) is 0 Å². The van der Waals surface area contributed by atoms with Crippen LogP contribution in [0.5, 0.6) is 0 Å². The standard InChI is InChI=1S/C27H39N5O4S/c1-16(18-8-10-19(11-9-18)22-17(2)29-15-37-22)31-25(36)27(13-20(33)14-30-27)24(35)23(26(3,4)5)32-21(34)7-6-12-28/h8-11,15-16,20,23,30,33H,6-7,12-14,28H2,1-5H3,(H,31,36)(H,32,34)/t16-,20+,23+,27-/m0/s1. The van der Waals surface area contributed by atoms with E-state index in [0.717, 1.165) is 21.7 Å². The number of nitrogens with one attached hydrogen (secondary N) is 3. The number of nitrogens with two attached hydrogens (primary N) is 1. The molecule has 0 saturated carbocycles. The number of aryl methyl sites for hydroxylation is 1. The van der Waals surface area contributed by atoms with E-state index in [1.165, 1.54) is 0 Å². The van der Waals surface area contributed by atoms with Crippen molar-refractivity contribution in [3.8, 4) is 10.4 Å². The van der Waals surface area contributed by atoms with E-state index in [9.17, 15) is 19.5 Å². The lowest BCUT2D eigenvalue weighted by Gasteiger charge is -2.37. The topological polar surface area (TPSA) is 146 Å². The van der Waals surface area contributed by atoms with Gasteiger partial charge in [0.15, 0.2) is 11.3 Å². The first kappa shape index (κ1) is 28.9. The number of aromatic nitrogens is 1. The molecule has 1 aliphatic rings. The number of nitrogens with zero attached hydrogens (tertiary/aromatic N) is 1. The van der Waals surface area contributed by atoms with Crippen LogP contribution in [0, 0.1) is 12.3 Å². The van der Waals surface area contributed by atoms with Crippen molar-refractivity contribution in [2.24, 2.45) is 11.1 Å². The van der Waals surface area contributed by atoms with Crippen molar-refractivity contribution < 1.29 is 19.5 Å². The maximum absolute atomic E-state index is 14.0. The monoisotopic (exact) mass is 529 g/mol. The number of hydrogen-bond acceptors (Lipinski definition) is 8. The SMILES string of the molecule is Cc1ncsc1-c1ccc([C@H](C)NC(=O)[C@@]2(C(=O)[C@@H](NC(=O)CCCN)C(C)(C)C)C[C@@H](O)CN2)cc1. The van der Waals surface area contributed by atoms with Gasteiger partial charge in [-0.3, -0.25) is 19.7 Å². The number of aliphatic hydroxyl groups is 1. The van der Waals surface area contributed by atoms with Crippen LogP contribution in [0.1, 0.15) is 64.3 Å². The summed E-state index contributed by atoms with van der Waals surface area (Å²) in [6.07, 6.45) is -0.238. The predicted molar refractivity (Wildman–Crippen MR) is 145 cm³/mol. The number of ketones is 1. The zero-order valence-electron chi connectivity index (χ0n) is 22.3. The molecule has 0 bridgehead atoms. The largest absolute Gasteiger partial charge is 0.392 e. The van der Waals surface area contributed by atoms with Crippen LogP contribution in [-0.2, 0) is 14.4 Å². The molecule has 1 saturated heterocycles. The molecule has 1 aromatic heterocycles. The van der Waals surface area contributed by atoms with Crippen LogP contribution in [-0.4, -0.2) is 58.5 Å². The summed E-state index contributed by atoms with van der Waals surface area (Å²) in [5, 5.41) is 19.1. The number of rotatable bonds is 10. The van der Waals surface area contributed by atoms with Crippen LogP contribution >= 0.6 is 11.3 Å². The van der Waals surface area contributed by atoms with Crippen molar-refractivity contribution in [3.05, 3.63) is 41.0 Å². The molecule has 37 heavy (non-hydrogen) atoms. The molecular formula is C27H39N5O4S. The average Bonchev–Trinajstić information content (AvgIpc) is 3.46. The van der Waals surface area contributed by atoms with Crippen molar-refractivity contribution >= 4 is 28.9 Å². The third kappa shape index (κ3) is 6.62. The van der Waals surface area contributed by atoms with E-state index < -0.39 is 34.8 Å². The third-order valence-corrected chi connectivity index (χ3v) is 7.77. The van der Waals surface area contributed by atoms with Gasteiger partial charge in [0, 0.05) is 19.4 Å². The predicted octanol–water partition coefficient (Wildman–Crippen LogP) is 2.23. The third-order valence-electron chi connectivity index (χ3n) is 6.80. The lowest BCUT2D eigenvalue weighted by atomic mass is 9.75. The number of benzene rings is 1. The van der Waals surface area contributed by atoms with Gasteiger partial charge in [-0.05, 0) is 43.4 Å². The summed E-state index contributed by atoms with van der Waals surface area (Å²) >= 11 is 1.57. The first-order chi connectivity index (χ1) is 17.4. The Hall–Kier alpha value is -2.66. The summed E-state index contributed by atoms with van der Waals surface area (Å²) in [4.78, 5) is 45.6. The first-order valence-electron chi connectivity index (χ1n) is 12.7. The Bertz CT molecular complexity index is 1110. The van der Waals surface area contributed by atoms with Crippen LogP contribution in [0.15, 0.2) is 29.8 Å². The fraction of sp³-hybridized carbons (Fsp3) is 0.556. The molecule has 202 valence electrons. The zero-order chi connectivity index (χ0) is 27.4. The summed E-state index contributed by atoms with van der Waals surface area (Å²) in [5.74, 6) is -1.27. The van der Waals surface area contributed by atoms with E-state index in [2.05, 4.69) is 20.9 Å². The second kappa shape index (κ2) is 11.8. The Morgan fingerprint density at radius 2 is 1.92 bits per heavy atom. The molecule has 0 radical (unpaired) electrons. The highest BCUT2D eigenvalue weighted by Gasteiger charge is 2.55. The minimum Gasteiger partial charge on any atom is -0.392 e. The number of aliphatic hydroxyl groups excluding tert-OH is 1. The second-order valence-electron chi connectivity index (χ2n) is 10.9. The van der Waals surface area contributed by atoms with Crippen molar-refractivity contribution in [2.75, 3.05) is 13.1 Å². The molecule has 1 fully saturated rings. The molecule has 0 spiro atoms. The number of β-amino-alcohol motifs (C(OH)–C–C–N with tert-alkyl or cyclic N) is 1. The van der Waals surface area contributed by atoms with Gasteiger partial charge in [0.2, 0.25) is 11.8 Å². The highest BCUT2D eigenvalue weighted by atomic mass is 32.1. The summed E-state index contributed by atoms with van der Waals surface area (Å²) in [6.45, 7) is 9.80. The number of carbonyl (C=O) groups is 3. The normalized spacial score (nSPS) is 21.3. The number of carbonyl (C=O) groups excluding carboxylic acids is 3. The number of hydrogen-bond donors (Lipinski definition) is 5. The molecule has 4 atom stereocenters. The van der Waals surface area contributed by atoms with Gasteiger partial charge in [-0.15, -0.1) is 11.3 Å². The van der Waals surface area contributed by atoms with Crippen molar-refractivity contribution in [1.82, 2.24) is 20.9 Å². The number of Topliss-reactive ketones (excluding diaryl/α,β-unsaturated/α-hetero) is 1. The van der Waals surface area contributed by atoms with Crippen LogP contribution in [0.3, 0.4) is 0 Å². The zero-order valence-corrected chi connectivity index (χ0v) is 23.1. The lowest BCUT2D eigenvalue weighted by molar-refractivity contribution is -0.142. The van der Waals surface area contributed by atoms with Gasteiger partial charge in [0.25, 0.3) is 0 Å². The second-order valence-corrected chi connectivity index (χ2v) is 11.7. The molecular weight excluding hydrogens is 490 g/mol. The molecule has 0 aliphatic carbocycles. The van der Waals surface area contributed by atoms with Gasteiger partial charge >= 0.3 is 0 Å². The molecule has 9 nitrogen and oxygen atoms in total. The fourth-order valence-electron chi connectivity index (χ4n) is 4.59. The van der Waals surface area contributed by atoms with E-state index in [4.69, 9.17) is 5.73 Å². The molecule has 6 N–H and O–H groups in total.